The van der Waals surface area contributed by atoms with E-state index in [1.807, 2.05) is 4.90 Å². The average Bonchev–Trinajstić information content (AvgIpc) is 2.40. The molecule has 6 heteroatoms. The van der Waals surface area contributed by atoms with E-state index >= 15 is 0 Å². The lowest BCUT2D eigenvalue weighted by atomic mass is 10.1. The van der Waals surface area contributed by atoms with Gasteiger partial charge in [-0.15, -0.1) is 0 Å². The molecule has 6 nitrogen and oxygen atoms in total. The SMILES string of the molecule is COC[C@H](CO)NC(=O)CCCN1CCCCC1=O. The summed E-state index contributed by atoms with van der Waals surface area (Å²) < 4.78 is 4.88. The molecule has 19 heavy (non-hydrogen) atoms. The predicted molar refractivity (Wildman–Crippen MR) is 70.6 cm³/mol. The van der Waals surface area contributed by atoms with Crippen LogP contribution in [0.5, 0.6) is 0 Å². The van der Waals surface area contributed by atoms with E-state index in [2.05, 4.69) is 5.32 Å². The van der Waals surface area contributed by atoms with Gasteiger partial charge in [0.15, 0.2) is 0 Å². The predicted octanol–water partition coefficient (Wildman–Crippen LogP) is -0.0974. The Morgan fingerprint density at radius 3 is 2.95 bits per heavy atom. The Bertz CT molecular complexity index is 296. The second kappa shape index (κ2) is 8.87. The highest BCUT2D eigenvalue weighted by atomic mass is 16.5. The Balaban J connectivity index is 2.17. The van der Waals surface area contributed by atoms with Crippen LogP contribution in [0.1, 0.15) is 32.1 Å². The molecule has 110 valence electrons. The summed E-state index contributed by atoms with van der Waals surface area (Å²) in [4.78, 5) is 25.0. The zero-order valence-electron chi connectivity index (χ0n) is 11.6. The van der Waals surface area contributed by atoms with E-state index in [9.17, 15) is 9.59 Å². The van der Waals surface area contributed by atoms with E-state index in [0.717, 1.165) is 19.4 Å². The van der Waals surface area contributed by atoms with Crippen LogP contribution in [0.2, 0.25) is 0 Å². The largest absolute Gasteiger partial charge is 0.394 e. The highest BCUT2D eigenvalue weighted by Gasteiger charge is 2.18. The number of hydrogen-bond acceptors (Lipinski definition) is 4. The second-order valence-electron chi connectivity index (χ2n) is 4.84. The molecule has 0 radical (unpaired) electrons. The molecule has 1 atom stereocenters. The van der Waals surface area contributed by atoms with Crippen LogP contribution in [0.4, 0.5) is 0 Å². The Labute approximate surface area is 114 Å². The normalized spacial score (nSPS) is 17.4. The van der Waals surface area contributed by atoms with Crippen molar-refractivity contribution in [3.05, 3.63) is 0 Å². The molecule has 0 spiro atoms. The first-order chi connectivity index (χ1) is 9.17. The minimum absolute atomic E-state index is 0.111. The van der Waals surface area contributed by atoms with E-state index in [0.29, 0.717) is 32.4 Å². The van der Waals surface area contributed by atoms with Gasteiger partial charge in [0.05, 0.1) is 19.3 Å². The van der Waals surface area contributed by atoms with Crippen molar-refractivity contribution in [2.75, 3.05) is 33.4 Å². The van der Waals surface area contributed by atoms with Gasteiger partial charge in [-0.2, -0.15) is 0 Å². The van der Waals surface area contributed by atoms with Crippen LogP contribution in [0.3, 0.4) is 0 Å². The van der Waals surface area contributed by atoms with Crippen molar-refractivity contribution in [2.45, 2.75) is 38.1 Å². The second-order valence-corrected chi connectivity index (χ2v) is 4.84. The Hall–Kier alpha value is -1.14. The molecule has 1 aliphatic rings. The first kappa shape index (κ1) is 15.9. The van der Waals surface area contributed by atoms with E-state index in [1.165, 1.54) is 7.11 Å². The zero-order valence-corrected chi connectivity index (χ0v) is 11.6. The fourth-order valence-corrected chi connectivity index (χ4v) is 2.17. The number of carbonyl (C=O) groups excluding carboxylic acids is 2. The third-order valence-corrected chi connectivity index (χ3v) is 3.21. The molecule has 0 aromatic rings. The summed E-state index contributed by atoms with van der Waals surface area (Å²) in [5.74, 6) is 0.0832. The molecule has 0 aliphatic carbocycles. The maximum atomic E-state index is 11.6. The number of hydrogen-bond donors (Lipinski definition) is 2. The number of methoxy groups -OCH3 is 1. The van der Waals surface area contributed by atoms with Crippen LogP contribution in [-0.4, -0.2) is 61.3 Å². The average molecular weight is 272 g/mol. The van der Waals surface area contributed by atoms with Gasteiger partial charge < -0.3 is 20.1 Å². The van der Waals surface area contributed by atoms with Crippen LogP contribution in [0.25, 0.3) is 0 Å². The van der Waals surface area contributed by atoms with Crippen LogP contribution in [-0.2, 0) is 14.3 Å². The molecule has 0 saturated carbocycles. The first-order valence-electron chi connectivity index (χ1n) is 6.84. The number of amides is 2. The molecular formula is C13H24N2O4. The topological polar surface area (TPSA) is 78.9 Å². The van der Waals surface area contributed by atoms with Crippen LogP contribution in [0.15, 0.2) is 0 Å². The van der Waals surface area contributed by atoms with Gasteiger partial charge in [0, 0.05) is 33.0 Å². The van der Waals surface area contributed by atoms with Gasteiger partial charge >= 0.3 is 0 Å². The van der Waals surface area contributed by atoms with Crippen molar-refractivity contribution < 1.29 is 19.4 Å². The van der Waals surface area contributed by atoms with Crippen molar-refractivity contribution >= 4 is 11.8 Å². The van der Waals surface area contributed by atoms with Gasteiger partial charge in [0.1, 0.15) is 0 Å². The minimum Gasteiger partial charge on any atom is -0.394 e. The summed E-state index contributed by atoms with van der Waals surface area (Å²) in [5, 5.41) is 11.7. The highest BCUT2D eigenvalue weighted by molar-refractivity contribution is 5.77. The van der Waals surface area contributed by atoms with Gasteiger partial charge in [-0.05, 0) is 19.3 Å². The van der Waals surface area contributed by atoms with Crippen LogP contribution >= 0.6 is 0 Å². The molecule has 1 saturated heterocycles. The molecule has 0 unspecified atom stereocenters. The summed E-state index contributed by atoms with van der Waals surface area (Å²) in [6.07, 6.45) is 3.68. The van der Waals surface area contributed by atoms with Crippen molar-refractivity contribution in [1.82, 2.24) is 10.2 Å². The maximum Gasteiger partial charge on any atom is 0.222 e. The molecule has 1 heterocycles. The Kier molecular flexibility index (Phi) is 7.43. The Morgan fingerprint density at radius 2 is 2.32 bits per heavy atom. The van der Waals surface area contributed by atoms with Gasteiger partial charge in [0.25, 0.3) is 0 Å². The number of carbonyl (C=O) groups is 2. The molecule has 2 amide bonds. The third-order valence-electron chi connectivity index (χ3n) is 3.21. The van der Waals surface area contributed by atoms with Crippen molar-refractivity contribution in [3.63, 3.8) is 0 Å². The van der Waals surface area contributed by atoms with E-state index in [1.54, 1.807) is 0 Å². The quantitative estimate of drug-likeness (QED) is 0.647. The summed E-state index contributed by atoms with van der Waals surface area (Å²) >= 11 is 0. The summed E-state index contributed by atoms with van der Waals surface area (Å²) in [7, 11) is 1.52. The lowest BCUT2D eigenvalue weighted by Crippen LogP contribution is -2.41. The smallest absolute Gasteiger partial charge is 0.222 e. The number of rotatable bonds is 8. The van der Waals surface area contributed by atoms with Crippen molar-refractivity contribution in [2.24, 2.45) is 0 Å². The van der Waals surface area contributed by atoms with E-state index in [-0.39, 0.29) is 24.5 Å². The number of aliphatic hydroxyl groups excluding tert-OH is 1. The number of ether oxygens (including phenoxy) is 1. The standard InChI is InChI=1S/C13H24N2O4/c1-19-10-11(9-16)14-12(17)5-4-8-15-7-3-2-6-13(15)18/h11,16H,2-10H2,1H3,(H,14,17)/t11-/m0/s1. The fourth-order valence-electron chi connectivity index (χ4n) is 2.17. The van der Waals surface area contributed by atoms with Crippen LogP contribution in [0, 0.1) is 0 Å². The summed E-state index contributed by atoms with van der Waals surface area (Å²) in [6, 6.07) is -0.353. The summed E-state index contributed by atoms with van der Waals surface area (Å²) in [6.45, 7) is 1.61. The monoisotopic (exact) mass is 272 g/mol. The number of likely N-dealkylation sites (tertiary alicyclic amines) is 1. The van der Waals surface area contributed by atoms with Crippen molar-refractivity contribution in [3.8, 4) is 0 Å². The maximum absolute atomic E-state index is 11.6. The minimum atomic E-state index is -0.353. The van der Waals surface area contributed by atoms with Gasteiger partial charge in [-0.25, -0.2) is 0 Å². The lowest BCUT2D eigenvalue weighted by molar-refractivity contribution is -0.133. The molecule has 1 rings (SSSR count). The lowest BCUT2D eigenvalue weighted by Gasteiger charge is -2.26. The molecular weight excluding hydrogens is 248 g/mol. The summed E-state index contributed by atoms with van der Waals surface area (Å²) in [5.41, 5.74) is 0. The molecule has 1 fully saturated rings. The van der Waals surface area contributed by atoms with Gasteiger partial charge in [-0.1, -0.05) is 0 Å². The molecule has 0 bridgehead atoms. The molecule has 1 aliphatic heterocycles. The molecule has 0 aromatic heterocycles. The number of nitrogens with zero attached hydrogens (tertiary/aromatic N) is 1. The molecule has 0 aromatic carbocycles. The third kappa shape index (κ3) is 6.02. The molecule has 2 N–H and O–H groups in total. The van der Waals surface area contributed by atoms with Crippen molar-refractivity contribution in [1.29, 1.82) is 0 Å². The van der Waals surface area contributed by atoms with Gasteiger partial charge in [0.2, 0.25) is 11.8 Å². The number of piperidine rings is 1. The Morgan fingerprint density at radius 1 is 1.53 bits per heavy atom. The zero-order chi connectivity index (χ0) is 14.1. The first-order valence-corrected chi connectivity index (χ1v) is 6.84. The number of aliphatic hydroxyl groups is 1. The van der Waals surface area contributed by atoms with Gasteiger partial charge in [-0.3, -0.25) is 9.59 Å². The number of nitrogens with one attached hydrogen (secondary N) is 1. The van der Waals surface area contributed by atoms with E-state index in [4.69, 9.17) is 9.84 Å². The van der Waals surface area contributed by atoms with Crippen LogP contribution < -0.4 is 5.32 Å². The fraction of sp³-hybridized carbons (Fsp3) is 0.846. The highest BCUT2D eigenvalue weighted by Crippen LogP contribution is 2.11. The van der Waals surface area contributed by atoms with E-state index < -0.39 is 0 Å².